The minimum absolute atomic E-state index is 0.0494. The lowest BCUT2D eigenvalue weighted by atomic mass is 9.91. The van der Waals surface area contributed by atoms with E-state index in [2.05, 4.69) is 10.6 Å². The van der Waals surface area contributed by atoms with Gasteiger partial charge < -0.3 is 25.2 Å². The summed E-state index contributed by atoms with van der Waals surface area (Å²) < 4.78 is 10.4. The van der Waals surface area contributed by atoms with Crippen molar-refractivity contribution in [2.75, 3.05) is 26.1 Å². The third kappa shape index (κ3) is 7.99. The third-order valence-corrected chi connectivity index (χ3v) is 9.02. The van der Waals surface area contributed by atoms with Crippen molar-refractivity contribution in [2.24, 2.45) is 0 Å². The van der Waals surface area contributed by atoms with E-state index in [4.69, 9.17) is 9.47 Å². The average Bonchev–Trinajstić information content (AvgIpc) is 2.96. The van der Waals surface area contributed by atoms with Crippen LogP contribution in [0.5, 0.6) is 5.75 Å². The molecule has 2 amide bonds. The molecule has 0 radical (unpaired) electrons. The Morgan fingerprint density at radius 3 is 2.18 bits per heavy atom. The van der Waals surface area contributed by atoms with E-state index in [9.17, 15) is 19.5 Å². The van der Waals surface area contributed by atoms with Gasteiger partial charge in [0.25, 0.3) is 11.8 Å². The number of hydrogen-bond acceptors (Lipinski definition) is 7. The van der Waals surface area contributed by atoms with Crippen LogP contribution in [0.15, 0.2) is 41.6 Å². The number of carbonyl (C=O) groups is 3. The lowest BCUT2D eigenvalue weighted by Crippen LogP contribution is -2.71. The minimum atomic E-state index is -1.17. The van der Waals surface area contributed by atoms with E-state index < -0.39 is 29.2 Å². The zero-order valence-corrected chi connectivity index (χ0v) is 23.5. The number of β-lactam (4-membered cyclic amide) rings is 1. The average molecular weight is 560 g/mol. The fraction of sp³-hybridized carbons (Fsp3) is 0.621. The lowest BCUT2D eigenvalue weighted by molar-refractivity contribution is -0.151. The summed E-state index contributed by atoms with van der Waals surface area (Å²) in [5.41, 5.74) is 0.499. The molecule has 1 aromatic rings. The van der Waals surface area contributed by atoms with Crippen molar-refractivity contribution in [3.63, 3.8) is 0 Å². The Kier molecular flexibility index (Phi) is 11.1. The number of benzene rings is 1. The topological polar surface area (TPSA) is 117 Å². The summed E-state index contributed by atoms with van der Waals surface area (Å²) in [6.07, 6.45) is 14.6. The Bertz CT molecular complexity index is 992. The molecule has 2 aliphatic carbocycles. The molecule has 0 spiro atoms. The molecule has 1 unspecified atom stereocenters. The molecule has 2 aliphatic heterocycles. The predicted molar refractivity (Wildman–Crippen MR) is 150 cm³/mol. The summed E-state index contributed by atoms with van der Waals surface area (Å²) in [4.78, 5) is 37.2. The second-order valence-corrected chi connectivity index (χ2v) is 11.7. The molecule has 214 valence electrons. The van der Waals surface area contributed by atoms with Gasteiger partial charge in [-0.3, -0.25) is 14.5 Å². The van der Waals surface area contributed by atoms with E-state index in [1.54, 1.807) is 24.3 Å². The van der Waals surface area contributed by atoms with Crippen molar-refractivity contribution in [3.8, 4) is 5.75 Å². The number of carbonyl (C=O) groups excluding carboxylic acids is 2. The van der Waals surface area contributed by atoms with Crippen LogP contribution in [0.3, 0.4) is 0 Å². The Labute approximate surface area is 235 Å². The first-order valence-corrected chi connectivity index (χ1v) is 15.1. The normalized spacial score (nSPS) is 23.7. The third-order valence-electron chi connectivity index (χ3n) is 7.68. The van der Waals surface area contributed by atoms with Crippen molar-refractivity contribution >= 4 is 29.5 Å². The first-order chi connectivity index (χ1) is 19.0. The molecule has 3 N–H and O–H groups in total. The smallest absolute Gasteiger partial charge is 0.352 e. The summed E-state index contributed by atoms with van der Waals surface area (Å²) in [5.74, 6) is -1.07. The van der Waals surface area contributed by atoms with Crippen LogP contribution in [0, 0.1) is 0 Å². The molecule has 4 aliphatic rings. The van der Waals surface area contributed by atoms with Gasteiger partial charge >= 0.3 is 5.97 Å². The van der Waals surface area contributed by atoms with Crippen molar-refractivity contribution in [3.05, 3.63) is 41.6 Å². The number of methoxy groups -OCH3 is 1. The van der Waals surface area contributed by atoms with Gasteiger partial charge in [-0.05, 0) is 43.4 Å². The predicted octanol–water partition coefficient (Wildman–Crippen LogP) is 3.69. The van der Waals surface area contributed by atoms with E-state index in [0.717, 1.165) is 12.1 Å². The number of nitrogens with zero attached hydrogens (tertiary/aromatic N) is 1. The van der Waals surface area contributed by atoms with E-state index in [1.165, 1.54) is 88.0 Å². The van der Waals surface area contributed by atoms with E-state index in [-0.39, 0.29) is 18.9 Å². The molecule has 5 rings (SSSR count). The first-order valence-electron chi connectivity index (χ1n) is 14.1. The van der Waals surface area contributed by atoms with Crippen LogP contribution in [0.2, 0.25) is 0 Å². The lowest BCUT2D eigenvalue weighted by Gasteiger charge is -2.49. The van der Waals surface area contributed by atoms with Crippen molar-refractivity contribution in [2.45, 2.75) is 87.7 Å². The highest BCUT2D eigenvalue weighted by atomic mass is 32.2. The van der Waals surface area contributed by atoms with Gasteiger partial charge in [-0.1, -0.05) is 56.7 Å². The molecule has 2 atom stereocenters. The van der Waals surface area contributed by atoms with E-state index in [1.807, 2.05) is 6.07 Å². The van der Waals surface area contributed by atoms with E-state index >= 15 is 0 Å². The maximum absolute atomic E-state index is 12.4. The van der Waals surface area contributed by atoms with Gasteiger partial charge in [0.1, 0.15) is 22.9 Å². The van der Waals surface area contributed by atoms with Gasteiger partial charge in [-0.2, -0.15) is 0 Å². The maximum Gasteiger partial charge on any atom is 0.352 e. The molecule has 1 saturated heterocycles. The van der Waals surface area contributed by atoms with Crippen LogP contribution in [0.4, 0.5) is 0 Å². The largest absolute Gasteiger partial charge is 0.484 e. The number of amides is 2. The molecule has 1 aromatic carbocycles. The number of aliphatic carboxylic acids is 1. The SMILES string of the molecule is C1CCC(NC2CCCCC2)CC1.COCC1=C(C(=O)O)N2C(=O)C(NC(=O)COc3ccccc3)[C@@H]2SC1. The maximum atomic E-state index is 12.4. The molecule has 2 heterocycles. The van der Waals surface area contributed by atoms with Gasteiger partial charge in [-0.25, -0.2) is 4.79 Å². The van der Waals surface area contributed by atoms with Crippen molar-refractivity contribution in [1.82, 2.24) is 15.5 Å². The van der Waals surface area contributed by atoms with Crippen molar-refractivity contribution < 1.29 is 29.0 Å². The van der Waals surface area contributed by atoms with Crippen LogP contribution in [-0.2, 0) is 19.1 Å². The molecular weight excluding hydrogens is 518 g/mol. The molecule has 0 aromatic heterocycles. The molecule has 0 bridgehead atoms. The summed E-state index contributed by atoms with van der Waals surface area (Å²) in [5, 5.41) is 15.5. The van der Waals surface area contributed by atoms with Gasteiger partial charge in [0, 0.05) is 24.9 Å². The minimum Gasteiger partial charge on any atom is -0.484 e. The Balaban J connectivity index is 0.000000226. The van der Waals surface area contributed by atoms with Crippen LogP contribution < -0.4 is 15.4 Å². The zero-order valence-electron chi connectivity index (χ0n) is 22.7. The first kappa shape index (κ1) is 29.4. The molecular formula is C29H41N3O6S. The monoisotopic (exact) mass is 559 g/mol. The number of para-hydroxylation sites is 1. The van der Waals surface area contributed by atoms with Gasteiger partial charge in [0.15, 0.2) is 6.61 Å². The Morgan fingerprint density at radius 1 is 1.00 bits per heavy atom. The molecule has 10 heteroatoms. The summed E-state index contributed by atoms with van der Waals surface area (Å²) in [6.45, 7) is -0.0746. The van der Waals surface area contributed by atoms with Crippen molar-refractivity contribution in [1.29, 1.82) is 0 Å². The Hall–Kier alpha value is -2.56. The van der Waals surface area contributed by atoms with Gasteiger partial charge in [0.05, 0.1) is 6.61 Å². The number of fused-ring (bicyclic) bond motifs is 1. The number of thioether (sulfide) groups is 1. The second-order valence-electron chi connectivity index (χ2n) is 10.6. The summed E-state index contributed by atoms with van der Waals surface area (Å²) >= 11 is 1.40. The number of ether oxygens (including phenoxy) is 2. The second kappa shape index (κ2) is 14.7. The highest BCUT2D eigenvalue weighted by Crippen LogP contribution is 2.40. The standard InChI is InChI=1S/C17H18N2O6S.C12H23N/c1-24-7-10-9-26-16-13(15(21)19(16)14(10)17(22)23)18-12(20)8-25-11-5-3-2-4-6-11;1-3-7-11(8-4-1)13-12-9-5-2-6-10-12/h2-6,13,16H,7-9H2,1H3,(H,18,20)(H,22,23);11-13H,1-10H2/t13?,16-;/m0./s1. The molecule has 3 fully saturated rings. The number of hydrogen-bond donors (Lipinski definition) is 3. The molecule has 9 nitrogen and oxygen atoms in total. The summed E-state index contributed by atoms with van der Waals surface area (Å²) in [6, 6.07) is 9.84. The Morgan fingerprint density at radius 2 is 1.62 bits per heavy atom. The van der Waals surface area contributed by atoms with Gasteiger partial charge in [0.2, 0.25) is 0 Å². The van der Waals surface area contributed by atoms with Crippen LogP contribution in [0.1, 0.15) is 64.2 Å². The fourth-order valence-electron chi connectivity index (χ4n) is 5.72. The van der Waals surface area contributed by atoms with Crippen LogP contribution in [0.25, 0.3) is 0 Å². The van der Waals surface area contributed by atoms with Crippen LogP contribution >= 0.6 is 11.8 Å². The fourth-order valence-corrected chi connectivity index (χ4v) is 7.05. The number of nitrogens with one attached hydrogen (secondary N) is 2. The van der Waals surface area contributed by atoms with Crippen LogP contribution in [-0.4, -0.2) is 77.4 Å². The summed E-state index contributed by atoms with van der Waals surface area (Å²) in [7, 11) is 1.47. The quantitative estimate of drug-likeness (QED) is 0.392. The zero-order chi connectivity index (χ0) is 27.6. The highest BCUT2D eigenvalue weighted by Gasteiger charge is 2.54. The highest BCUT2D eigenvalue weighted by molar-refractivity contribution is 8.00. The van der Waals surface area contributed by atoms with Gasteiger partial charge in [-0.15, -0.1) is 11.8 Å². The number of rotatable bonds is 9. The number of carboxylic acid groups (broad SMARTS) is 1. The van der Waals surface area contributed by atoms with E-state index in [0.29, 0.717) is 17.1 Å². The molecule has 39 heavy (non-hydrogen) atoms. The number of carboxylic acids is 1. The molecule has 2 saturated carbocycles.